The van der Waals surface area contributed by atoms with Crippen LogP contribution in [0, 0.1) is 11.8 Å². The van der Waals surface area contributed by atoms with Crippen molar-refractivity contribution in [3.8, 4) is 22.4 Å². The minimum atomic E-state index is -0.941. The summed E-state index contributed by atoms with van der Waals surface area (Å²) in [4.78, 5) is 23.6. The van der Waals surface area contributed by atoms with Gasteiger partial charge in [0, 0.05) is 28.8 Å². The summed E-state index contributed by atoms with van der Waals surface area (Å²) in [5, 5.41) is 14.1. The molecular formula is C26H27ClN2O4. The SMILES string of the molecule is O=C(O)COC[C@H]1CC[C@H](Cn2nc(-c3cccc(Cl)c3)c(-c3ccccc3)cc2=O)CC1. The van der Waals surface area contributed by atoms with Gasteiger partial charge in [-0.25, -0.2) is 9.48 Å². The third-order valence-electron chi connectivity index (χ3n) is 6.16. The molecule has 6 nitrogen and oxygen atoms in total. The molecule has 1 N–H and O–H groups in total. The molecule has 7 heteroatoms. The van der Waals surface area contributed by atoms with Crippen LogP contribution in [0.4, 0.5) is 0 Å². The van der Waals surface area contributed by atoms with Gasteiger partial charge in [-0.1, -0.05) is 54.1 Å². The highest BCUT2D eigenvalue weighted by Gasteiger charge is 2.23. The van der Waals surface area contributed by atoms with Crippen molar-refractivity contribution in [1.29, 1.82) is 0 Å². The molecule has 1 aromatic heterocycles. The van der Waals surface area contributed by atoms with E-state index in [4.69, 9.17) is 26.5 Å². The molecule has 1 saturated carbocycles. The number of nitrogens with zero attached hydrogens (tertiary/aromatic N) is 2. The van der Waals surface area contributed by atoms with Crippen molar-refractivity contribution in [2.75, 3.05) is 13.2 Å². The summed E-state index contributed by atoms with van der Waals surface area (Å²) in [7, 11) is 0. The Morgan fingerprint density at radius 1 is 1.00 bits per heavy atom. The van der Waals surface area contributed by atoms with Gasteiger partial charge in [0.05, 0.1) is 12.3 Å². The molecule has 2 aromatic carbocycles. The van der Waals surface area contributed by atoms with Gasteiger partial charge >= 0.3 is 5.97 Å². The molecule has 33 heavy (non-hydrogen) atoms. The number of carbonyl (C=O) groups is 1. The number of hydrogen-bond acceptors (Lipinski definition) is 4. The van der Waals surface area contributed by atoms with E-state index in [0.717, 1.165) is 48.1 Å². The van der Waals surface area contributed by atoms with Gasteiger partial charge in [-0.2, -0.15) is 5.10 Å². The van der Waals surface area contributed by atoms with Crippen LogP contribution in [0.2, 0.25) is 5.02 Å². The normalized spacial score (nSPS) is 18.2. The van der Waals surface area contributed by atoms with Gasteiger partial charge in [-0.3, -0.25) is 4.79 Å². The Labute approximate surface area is 197 Å². The highest BCUT2D eigenvalue weighted by atomic mass is 35.5. The second kappa shape index (κ2) is 10.8. The van der Waals surface area contributed by atoms with Crippen LogP contribution in [-0.2, 0) is 16.1 Å². The Hall–Kier alpha value is -2.96. The predicted octanol–water partition coefficient (Wildman–Crippen LogP) is 5.14. The fourth-order valence-electron chi connectivity index (χ4n) is 4.45. The first kappa shape index (κ1) is 23.2. The van der Waals surface area contributed by atoms with E-state index < -0.39 is 5.97 Å². The second-order valence-electron chi connectivity index (χ2n) is 8.60. The van der Waals surface area contributed by atoms with Crippen LogP contribution in [0.15, 0.2) is 65.5 Å². The number of carboxylic acids is 1. The molecule has 0 aliphatic heterocycles. The van der Waals surface area contributed by atoms with Gasteiger partial charge in [-0.05, 0) is 55.2 Å². The lowest BCUT2D eigenvalue weighted by Crippen LogP contribution is -2.29. The van der Waals surface area contributed by atoms with Crippen LogP contribution in [0.5, 0.6) is 0 Å². The summed E-state index contributed by atoms with van der Waals surface area (Å²) in [6.45, 7) is 0.783. The van der Waals surface area contributed by atoms with E-state index in [0.29, 0.717) is 30.0 Å². The van der Waals surface area contributed by atoms with Crippen molar-refractivity contribution >= 4 is 17.6 Å². The minimum Gasteiger partial charge on any atom is -0.480 e. The number of halogens is 1. The lowest BCUT2D eigenvalue weighted by Gasteiger charge is -2.28. The number of hydrogen-bond donors (Lipinski definition) is 1. The molecule has 4 rings (SSSR count). The molecule has 0 amide bonds. The Kier molecular flexibility index (Phi) is 7.57. The molecule has 1 aliphatic rings. The van der Waals surface area contributed by atoms with E-state index in [-0.39, 0.29) is 12.2 Å². The molecule has 0 radical (unpaired) electrons. The number of aromatic nitrogens is 2. The average molecular weight is 467 g/mol. The zero-order valence-electron chi connectivity index (χ0n) is 18.3. The van der Waals surface area contributed by atoms with Crippen LogP contribution in [0.3, 0.4) is 0 Å². The summed E-state index contributed by atoms with van der Waals surface area (Å²) in [6.07, 6.45) is 3.84. The van der Waals surface area contributed by atoms with Crippen molar-refractivity contribution in [1.82, 2.24) is 9.78 Å². The molecule has 3 aromatic rings. The van der Waals surface area contributed by atoms with E-state index >= 15 is 0 Å². The first-order valence-corrected chi connectivity index (χ1v) is 11.6. The Morgan fingerprint density at radius 3 is 2.39 bits per heavy atom. The highest BCUT2D eigenvalue weighted by Crippen LogP contribution is 2.32. The third kappa shape index (κ3) is 6.09. The number of carboxylic acid groups (broad SMARTS) is 1. The third-order valence-corrected chi connectivity index (χ3v) is 6.39. The number of rotatable bonds is 8. The Balaban J connectivity index is 1.54. The van der Waals surface area contributed by atoms with Crippen molar-refractivity contribution in [2.45, 2.75) is 32.2 Å². The van der Waals surface area contributed by atoms with E-state index in [1.165, 1.54) is 0 Å². The number of benzene rings is 2. The van der Waals surface area contributed by atoms with E-state index in [9.17, 15) is 9.59 Å². The minimum absolute atomic E-state index is 0.119. The molecule has 1 aliphatic carbocycles. The lowest BCUT2D eigenvalue weighted by molar-refractivity contribution is -0.142. The van der Waals surface area contributed by atoms with Crippen LogP contribution >= 0.6 is 11.6 Å². The smallest absolute Gasteiger partial charge is 0.329 e. The summed E-state index contributed by atoms with van der Waals surface area (Å²) in [6, 6.07) is 19.0. The van der Waals surface area contributed by atoms with E-state index in [2.05, 4.69) is 0 Å². The summed E-state index contributed by atoms with van der Waals surface area (Å²) in [5.74, 6) is -0.225. The van der Waals surface area contributed by atoms with Crippen LogP contribution in [-0.4, -0.2) is 34.1 Å². The van der Waals surface area contributed by atoms with Crippen molar-refractivity contribution in [3.63, 3.8) is 0 Å². The van der Waals surface area contributed by atoms with E-state index in [1.54, 1.807) is 10.7 Å². The molecule has 0 bridgehead atoms. The molecule has 1 fully saturated rings. The molecule has 0 atom stereocenters. The zero-order chi connectivity index (χ0) is 23.2. The first-order valence-electron chi connectivity index (χ1n) is 11.2. The molecular weight excluding hydrogens is 440 g/mol. The molecule has 0 unspecified atom stereocenters. The maximum absolute atomic E-state index is 13.0. The zero-order valence-corrected chi connectivity index (χ0v) is 19.1. The van der Waals surface area contributed by atoms with Gasteiger partial charge in [0.1, 0.15) is 6.61 Å². The summed E-state index contributed by atoms with van der Waals surface area (Å²) < 4.78 is 6.84. The fourth-order valence-corrected chi connectivity index (χ4v) is 4.64. The van der Waals surface area contributed by atoms with Gasteiger partial charge in [0.15, 0.2) is 0 Å². The summed E-state index contributed by atoms with van der Waals surface area (Å²) in [5.41, 5.74) is 3.21. The molecule has 0 spiro atoms. The molecule has 172 valence electrons. The lowest BCUT2D eigenvalue weighted by atomic mass is 9.82. The maximum atomic E-state index is 13.0. The Morgan fingerprint density at radius 2 is 1.70 bits per heavy atom. The van der Waals surface area contributed by atoms with Crippen LogP contribution in [0.25, 0.3) is 22.4 Å². The molecule has 1 heterocycles. The average Bonchev–Trinajstić information content (AvgIpc) is 2.81. The first-order chi connectivity index (χ1) is 16.0. The van der Waals surface area contributed by atoms with Crippen LogP contribution < -0.4 is 5.56 Å². The van der Waals surface area contributed by atoms with Crippen molar-refractivity contribution in [3.05, 3.63) is 76.0 Å². The predicted molar refractivity (Wildman–Crippen MR) is 128 cm³/mol. The number of ether oxygens (including phenoxy) is 1. The topological polar surface area (TPSA) is 81.4 Å². The largest absolute Gasteiger partial charge is 0.480 e. The van der Waals surface area contributed by atoms with Gasteiger partial charge in [0.2, 0.25) is 0 Å². The highest BCUT2D eigenvalue weighted by molar-refractivity contribution is 6.30. The van der Waals surface area contributed by atoms with Gasteiger partial charge < -0.3 is 9.84 Å². The summed E-state index contributed by atoms with van der Waals surface area (Å²) >= 11 is 6.25. The van der Waals surface area contributed by atoms with Gasteiger partial charge in [-0.15, -0.1) is 0 Å². The Bertz CT molecular complexity index is 1150. The maximum Gasteiger partial charge on any atom is 0.329 e. The molecule has 0 saturated heterocycles. The van der Waals surface area contributed by atoms with Gasteiger partial charge in [0.25, 0.3) is 5.56 Å². The number of aliphatic carboxylic acids is 1. The fraction of sp³-hybridized carbons (Fsp3) is 0.346. The second-order valence-corrected chi connectivity index (χ2v) is 9.04. The van der Waals surface area contributed by atoms with Crippen LogP contribution in [0.1, 0.15) is 25.7 Å². The quantitative estimate of drug-likeness (QED) is 0.497. The van der Waals surface area contributed by atoms with E-state index in [1.807, 2.05) is 54.6 Å². The van der Waals surface area contributed by atoms with Crippen molar-refractivity contribution < 1.29 is 14.6 Å². The standard InChI is InChI=1S/C26H27ClN2O4/c27-22-8-4-7-21(13-22)26-23(20-5-2-1-3-6-20)14-24(30)29(28-26)15-18-9-11-19(12-10-18)16-33-17-25(31)32/h1-8,13-14,18-19H,9-12,15-17H2,(H,31,32)/t18-,19-. The van der Waals surface area contributed by atoms with Crippen molar-refractivity contribution in [2.24, 2.45) is 11.8 Å². The monoisotopic (exact) mass is 466 g/mol.